The number of imidazole rings is 1. The van der Waals surface area contributed by atoms with E-state index in [0.29, 0.717) is 18.2 Å². The summed E-state index contributed by atoms with van der Waals surface area (Å²) >= 11 is 6.43. The van der Waals surface area contributed by atoms with Crippen LogP contribution in [0, 0.1) is 6.42 Å². The van der Waals surface area contributed by atoms with Gasteiger partial charge in [0.1, 0.15) is 11.6 Å². The molecule has 0 saturated carbocycles. The number of hydrogen-bond acceptors (Lipinski definition) is 4. The number of pyridine rings is 1. The van der Waals surface area contributed by atoms with Gasteiger partial charge >= 0.3 is 0 Å². The minimum Gasteiger partial charge on any atom is -0.379 e. The number of anilines is 1. The first-order valence-electron chi connectivity index (χ1n) is 7.96. The zero-order chi connectivity index (χ0) is 16.5. The first-order chi connectivity index (χ1) is 11.7. The Hall–Kier alpha value is -2.11. The molecule has 2 aromatic heterocycles. The summed E-state index contributed by atoms with van der Waals surface area (Å²) in [4.78, 5) is 11.4. The lowest BCUT2D eigenvalue weighted by Crippen LogP contribution is -2.27. The van der Waals surface area contributed by atoms with Gasteiger partial charge in [0.15, 0.2) is 0 Å². The predicted octanol–water partition coefficient (Wildman–Crippen LogP) is 3.33. The zero-order valence-electron chi connectivity index (χ0n) is 13.4. The van der Waals surface area contributed by atoms with Crippen molar-refractivity contribution in [1.29, 1.82) is 0 Å². The van der Waals surface area contributed by atoms with Crippen LogP contribution in [0.2, 0.25) is 5.02 Å². The van der Waals surface area contributed by atoms with Gasteiger partial charge in [-0.05, 0) is 18.2 Å². The molecule has 1 saturated heterocycles. The van der Waals surface area contributed by atoms with Crippen LogP contribution in [0.3, 0.4) is 0 Å². The smallest absolute Gasteiger partial charge is 0.142 e. The van der Waals surface area contributed by atoms with Crippen LogP contribution < -0.4 is 4.90 Å². The summed E-state index contributed by atoms with van der Waals surface area (Å²) in [6.45, 7) is 3.01. The molecule has 4 rings (SSSR count). The maximum Gasteiger partial charge on any atom is 0.142 e. The Morgan fingerprint density at radius 1 is 1.25 bits per heavy atom. The quantitative estimate of drug-likeness (QED) is 0.717. The summed E-state index contributed by atoms with van der Waals surface area (Å²) < 4.78 is 7.54. The third kappa shape index (κ3) is 2.74. The van der Waals surface area contributed by atoms with Crippen molar-refractivity contribution in [1.82, 2.24) is 14.5 Å². The molecule has 1 aromatic carbocycles. The van der Waals surface area contributed by atoms with Crippen molar-refractivity contribution >= 4 is 28.5 Å². The number of nitrogens with zero attached hydrogens (tertiary/aromatic N) is 4. The lowest BCUT2D eigenvalue weighted by Gasteiger charge is -2.21. The minimum absolute atomic E-state index is 0.604. The Balaban J connectivity index is 1.79. The van der Waals surface area contributed by atoms with Crippen molar-refractivity contribution in [2.45, 2.75) is 0 Å². The fourth-order valence-corrected chi connectivity index (χ4v) is 3.20. The highest BCUT2D eigenvalue weighted by Gasteiger charge is 2.17. The predicted molar refractivity (Wildman–Crippen MR) is 96.3 cm³/mol. The van der Waals surface area contributed by atoms with Crippen molar-refractivity contribution < 1.29 is 4.74 Å². The molecule has 1 aliphatic rings. The van der Waals surface area contributed by atoms with Crippen LogP contribution in [0.1, 0.15) is 0 Å². The van der Waals surface area contributed by atoms with E-state index in [-0.39, 0.29) is 0 Å². The largest absolute Gasteiger partial charge is 0.379 e. The third-order valence-corrected chi connectivity index (χ3v) is 4.58. The Morgan fingerprint density at radius 3 is 3.00 bits per heavy atom. The standard InChI is InChI=1S/C18H18ClN4O/c1-22-16-6-3-2-5-15(16)21-18(22)13-11-17(20-12-14(13)19)23-7-4-9-24-10-8-23/h2-6,11-12H,7-10H2,1H3. The number of halogens is 1. The molecule has 0 spiro atoms. The van der Waals surface area contributed by atoms with Gasteiger partial charge in [0.05, 0.1) is 29.3 Å². The summed E-state index contributed by atoms with van der Waals surface area (Å²) in [6.07, 6.45) is 3.81. The molecule has 1 aliphatic heterocycles. The zero-order valence-corrected chi connectivity index (χ0v) is 14.2. The van der Waals surface area contributed by atoms with Crippen LogP contribution in [0.25, 0.3) is 22.4 Å². The lowest BCUT2D eigenvalue weighted by atomic mass is 10.2. The average Bonchev–Trinajstić information content (AvgIpc) is 2.79. The molecule has 0 amide bonds. The van der Waals surface area contributed by atoms with Gasteiger partial charge in [-0.15, -0.1) is 0 Å². The summed E-state index contributed by atoms with van der Waals surface area (Å²) in [5.74, 6) is 1.74. The van der Waals surface area contributed by atoms with Crippen LogP contribution >= 0.6 is 11.6 Å². The Morgan fingerprint density at radius 2 is 2.12 bits per heavy atom. The van der Waals surface area contributed by atoms with E-state index in [1.807, 2.05) is 31.3 Å². The number of benzene rings is 1. The molecule has 0 bridgehead atoms. The van der Waals surface area contributed by atoms with Gasteiger partial charge < -0.3 is 14.2 Å². The van der Waals surface area contributed by atoms with E-state index >= 15 is 0 Å². The second-order valence-corrected chi connectivity index (χ2v) is 6.22. The van der Waals surface area contributed by atoms with E-state index in [1.54, 1.807) is 6.20 Å². The number of rotatable bonds is 2. The summed E-state index contributed by atoms with van der Waals surface area (Å²) in [5.41, 5.74) is 2.94. The first kappa shape index (κ1) is 15.4. The molecule has 1 fully saturated rings. The van der Waals surface area contributed by atoms with Gasteiger partial charge in [-0.1, -0.05) is 23.7 Å². The van der Waals surface area contributed by atoms with E-state index < -0.39 is 0 Å². The van der Waals surface area contributed by atoms with Crippen LogP contribution in [-0.2, 0) is 11.8 Å². The summed E-state index contributed by atoms with van der Waals surface area (Å²) in [5, 5.41) is 0.604. The third-order valence-electron chi connectivity index (χ3n) is 4.28. The van der Waals surface area contributed by atoms with Crippen molar-refractivity contribution in [3.63, 3.8) is 0 Å². The van der Waals surface area contributed by atoms with Crippen molar-refractivity contribution in [2.75, 3.05) is 31.2 Å². The fourth-order valence-electron chi connectivity index (χ4n) is 3.01. The molecule has 0 atom stereocenters. The molecule has 3 heterocycles. The molecule has 3 aromatic rings. The Kier molecular flexibility index (Phi) is 4.12. The number of aryl methyl sites for hydroxylation is 1. The molecule has 0 unspecified atom stereocenters. The van der Waals surface area contributed by atoms with Crippen LogP contribution in [-0.4, -0.2) is 40.8 Å². The van der Waals surface area contributed by atoms with Gasteiger partial charge in [-0.2, -0.15) is 0 Å². The molecule has 123 valence electrons. The molecular weight excluding hydrogens is 324 g/mol. The first-order valence-corrected chi connectivity index (χ1v) is 8.33. The van der Waals surface area contributed by atoms with E-state index in [2.05, 4.69) is 26.9 Å². The average molecular weight is 342 g/mol. The van der Waals surface area contributed by atoms with E-state index in [1.165, 1.54) is 0 Å². The van der Waals surface area contributed by atoms with E-state index in [9.17, 15) is 0 Å². The van der Waals surface area contributed by atoms with Crippen LogP contribution in [0.15, 0.2) is 36.5 Å². The molecule has 6 heteroatoms. The fraction of sp³-hybridized carbons (Fsp3) is 0.278. The van der Waals surface area contributed by atoms with Crippen LogP contribution in [0.4, 0.5) is 5.82 Å². The monoisotopic (exact) mass is 341 g/mol. The minimum atomic E-state index is 0.604. The number of hydrogen-bond donors (Lipinski definition) is 0. The molecule has 24 heavy (non-hydrogen) atoms. The highest BCUT2D eigenvalue weighted by molar-refractivity contribution is 6.33. The Labute approximate surface area is 145 Å². The van der Waals surface area contributed by atoms with Crippen molar-refractivity contribution in [3.05, 3.63) is 48.0 Å². The van der Waals surface area contributed by atoms with Crippen molar-refractivity contribution in [3.8, 4) is 11.4 Å². The molecule has 5 nitrogen and oxygen atoms in total. The number of para-hydroxylation sites is 2. The highest BCUT2D eigenvalue weighted by atomic mass is 35.5. The van der Waals surface area contributed by atoms with Crippen LogP contribution in [0.5, 0.6) is 0 Å². The van der Waals surface area contributed by atoms with Gasteiger partial charge in [0, 0.05) is 38.3 Å². The van der Waals surface area contributed by atoms with Gasteiger partial charge in [-0.3, -0.25) is 0 Å². The maximum absolute atomic E-state index is 6.43. The van der Waals surface area contributed by atoms with Gasteiger partial charge in [0.2, 0.25) is 0 Å². The second kappa shape index (κ2) is 6.42. The summed E-state index contributed by atoms with van der Waals surface area (Å²) in [6, 6.07) is 10.1. The maximum atomic E-state index is 6.43. The Bertz CT molecular complexity index is 869. The molecular formula is C18H18ClN4O. The molecule has 1 radical (unpaired) electrons. The van der Waals surface area contributed by atoms with E-state index in [4.69, 9.17) is 21.3 Å². The molecule has 0 aliphatic carbocycles. The number of aromatic nitrogens is 3. The van der Waals surface area contributed by atoms with Gasteiger partial charge in [-0.25, -0.2) is 9.97 Å². The van der Waals surface area contributed by atoms with E-state index in [0.717, 1.165) is 41.3 Å². The van der Waals surface area contributed by atoms with Crippen molar-refractivity contribution in [2.24, 2.45) is 7.05 Å². The summed E-state index contributed by atoms with van der Waals surface area (Å²) in [7, 11) is 2.01. The normalized spacial score (nSPS) is 15.7. The van der Waals surface area contributed by atoms with Gasteiger partial charge in [0.25, 0.3) is 0 Å². The topological polar surface area (TPSA) is 43.2 Å². The lowest BCUT2D eigenvalue weighted by molar-refractivity contribution is 0.170. The highest BCUT2D eigenvalue weighted by Crippen LogP contribution is 2.31. The molecule has 0 N–H and O–H groups in total. The number of ether oxygens (including phenoxy) is 1. The number of fused-ring (bicyclic) bond motifs is 1. The second-order valence-electron chi connectivity index (χ2n) is 5.82. The SMILES string of the molecule is Cn1c(-c2cc(N3C[CH]COCC3)ncc2Cl)nc2ccccc21.